The zero-order chi connectivity index (χ0) is 23.5. The first-order chi connectivity index (χ1) is 16.6. The van der Waals surface area contributed by atoms with Gasteiger partial charge in [0.2, 0.25) is 11.0 Å². The van der Waals surface area contributed by atoms with Gasteiger partial charge < -0.3 is 14.7 Å². The van der Waals surface area contributed by atoms with Crippen molar-refractivity contribution in [2.45, 2.75) is 19.3 Å². The highest BCUT2D eigenvalue weighted by Gasteiger charge is 2.31. The smallest absolute Gasteiger partial charge is 0.225 e. The summed E-state index contributed by atoms with van der Waals surface area (Å²) in [4.78, 5) is 23.9. The molecule has 2 saturated heterocycles. The minimum atomic E-state index is -0.250. The molecular weight excluding hydrogens is 456 g/mol. The summed E-state index contributed by atoms with van der Waals surface area (Å²) in [5.41, 5.74) is 1.59. The van der Waals surface area contributed by atoms with E-state index in [1.807, 2.05) is 15.9 Å². The zero-order valence-electron chi connectivity index (χ0n) is 18.9. The van der Waals surface area contributed by atoms with Crippen molar-refractivity contribution in [3.63, 3.8) is 0 Å². The normalized spacial score (nSPS) is 17.3. The standard InChI is InChI=1S/C25H27F2N5OS/c26-20-7-5-18(6-8-20)17-23-28-25(34-29-23)32-11-9-19(10-12-32)24(33)31-15-13-30(14-16-31)22-4-2-1-3-21(22)27/h1-8,19H,9-17H2. The number of hydrogen-bond donors (Lipinski definition) is 0. The predicted molar refractivity (Wildman–Crippen MR) is 129 cm³/mol. The van der Waals surface area contributed by atoms with Crippen molar-refractivity contribution in [1.29, 1.82) is 0 Å². The van der Waals surface area contributed by atoms with E-state index in [2.05, 4.69) is 14.3 Å². The average molecular weight is 484 g/mol. The van der Waals surface area contributed by atoms with Gasteiger partial charge in [-0.15, -0.1) is 0 Å². The lowest BCUT2D eigenvalue weighted by molar-refractivity contribution is -0.136. The number of hydrogen-bond acceptors (Lipinski definition) is 6. The molecule has 0 radical (unpaired) electrons. The first-order valence-corrected chi connectivity index (χ1v) is 12.4. The van der Waals surface area contributed by atoms with Gasteiger partial charge in [0.1, 0.15) is 17.5 Å². The highest BCUT2D eigenvalue weighted by molar-refractivity contribution is 7.09. The van der Waals surface area contributed by atoms with Crippen molar-refractivity contribution in [3.8, 4) is 0 Å². The Balaban J connectivity index is 1.11. The second kappa shape index (κ2) is 10.0. The summed E-state index contributed by atoms with van der Waals surface area (Å²) in [5, 5.41) is 0.876. The molecule has 2 aromatic carbocycles. The summed E-state index contributed by atoms with van der Waals surface area (Å²) >= 11 is 1.37. The van der Waals surface area contributed by atoms with E-state index in [9.17, 15) is 13.6 Å². The van der Waals surface area contributed by atoms with Crippen LogP contribution in [0.25, 0.3) is 0 Å². The summed E-state index contributed by atoms with van der Waals surface area (Å²) < 4.78 is 31.6. The molecule has 5 rings (SSSR count). The number of para-hydroxylation sites is 1. The van der Waals surface area contributed by atoms with Crippen LogP contribution in [0, 0.1) is 17.6 Å². The van der Waals surface area contributed by atoms with Crippen LogP contribution in [0.5, 0.6) is 0 Å². The number of carbonyl (C=O) groups is 1. The molecule has 178 valence electrons. The van der Waals surface area contributed by atoms with Crippen molar-refractivity contribution < 1.29 is 13.6 Å². The van der Waals surface area contributed by atoms with Crippen LogP contribution < -0.4 is 9.80 Å². The van der Waals surface area contributed by atoms with Gasteiger partial charge in [-0.3, -0.25) is 4.79 Å². The van der Waals surface area contributed by atoms with Crippen LogP contribution in [-0.4, -0.2) is 59.4 Å². The maximum Gasteiger partial charge on any atom is 0.225 e. The number of piperazine rings is 1. The number of nitrogens with zero attached hydrogens (tertiary/aromatic N) is 5. The Morgan fingerprint density at radius 2 is 1.62 bits per heavy atom. The van der Waals surface area contributed by atoms with Crippen molar-refractivity contribution in [1.82, 2.24) is 14.3 Å². The third kappa shape index (κ3) is 5.04. The van der Waals surface area contributed by atoms with Gasteiger partial charge in [0.05, 0.1) is 5.69 Å². The summed E-state index contributed by atoms with van der Waals surface area (Å²) in [6.45, 7) is 4.08. The number of aromatic nitrogens is 2. The number of anilines is 2. The molecule has 0 N–H and O–H groups in total. The fraction of sp³-hybridized carbons (Fsp3) is 0.400. The van der Waals surface area contributed by atoms with E-state index in [-0.39, 0.29) is 23.5 Å². The van der Waals surface area contributed by atoms with E-state index in [1.165, 1.54) is 29.7 Å². The van der Waals surface area contributed by atoms with Crippen molar-refractivity contribution in [2.75, 3.05) is 49.1 Å². The molecule has 34 heavy (non-hydrogen) atoms. The third-order valence-electron chi connectivity index (χ3n) is 6.63. The molecule has 2 aliphatic rings. The number of halogens is 2. The van der Waals surface area contributed by atoms with Crippen molar-refractivity contribution in [2.24, 2.45) is 5.92 Å². The highest BCUT2D eigenvalue weighted by Crippen LogP contribution is 2.27. The summed E-state index contributed by atoms with van der Waals surface area (Å²) in [6.07, 6.45) is 2.16. The molecule has 2 aliphatic heterocycles. The van der Waals surface area contributed by atoms with Crippen molar-refractivity contribution >= 4 is 28.3 Å². The third-order valence-corrected chi connectivity index (χ3v) is 7.45. The number of amides is 1. The Kier molecular flexibility index (Phi) is 6.71. The van der Waals surface area contributed by atoms with Gasteiger partial charge in [-0.2, -0.15) is 4.37 Å². The Labute approximate surface area is 202 Å². The maximum atomic E-state index is 14.1. The van der Waals surface area contributed by atoms with E-state index in [1.54, 1.807) is 24.3 Å². The first-order valence-electron chi connectivity index (χ1n) is 11.7. The van der Waals surface area contributed by atoms with Crippen LogP contribution in [0.4, 0.5) is 19.6 Å². The van der Waals surface area contributed by atoms with Crippen LogP contribution in [0.15, 0.2) is 48.5 Å². The number of rotatable bonds is 5. The Morgan fingerprint density at radius 3 is 2.32 bits per heavy atom. The van der Waals surface area contributed by atoms with Crippen LogP contribution in [0.3, 0.4) is 0 Å². The van der Waals surface area contributed by atoms with E-state index in [0.29, 0.717) is 38.3 Å². The molecule has 3 aromatic rings. The number of piperidine rings is 1. The molecule has 1 amide bonds. The predicted octanol–water partition coefficient (Wildman–Crippen LogP) is 3.97. The SMILES string of the molecule is O=C(C1CCN(c2nc(Cc3ccc(F)cc3)ns2)CC1)N1CCN(c2ccccc2F)CC1. The maximum absolute atomic E-state index is 14.1. The minimum absolute atomic E-state index is 0.0165. The van der Waals surface area contributed by atoms with E-state index >= 15 is 0 Å². The van der Waals surface area contributed by atoms with Gasteiger partial charge in [-0.05, 0) is 42.7 Å². The Hall–Kier alpha value is -3.07. The van der Waals surface area contributed by atoms with Crippen LogP contribution in [-0.2, 0) is 11.2 Å². The second-order valence-corrected chi connectivity index (χ2v) is 9.55. The molecule has 0 unspecified atom stereocenters. The molecule has 0 atom stereocenters. The molecule has 0 bridgehead atoms. The van der Waals surface area contributed by atoms with Crippen molar-refractivity contribution in [3.05, 3.63) is 71.6 Å². The zero-order valence-corrected chi connectivity index (χ0v) is 19.7. The fourth-order valence-electron chi connectivity index (χ4n) is 4.68. The minimum Gasteiger partial charge on any atom is -0.366 e. The van der Waals surface area contributed by atoms with E-state index in [4.69, 9.17) is 0 Å². The highest BCUT2D eigenvalue weighted by atomic mass is 32.1. The summed E-state index contributed by atoms with van der Waals surface area (Å²) in [6, 6.07) is 13.2. The monoisotopic (exact) mass is 483 g/mol. The van der Waals surface area contributed by atoms with Gasteiger partial charge in [0, 0.05) is 63.1 Å². The average Bonchev–Trinajstić information content (AvgIpc) is 3.34. The van der Waals surface area contributed by atoms with Gasteiger partial charge in [0.15, 0.2) is 0 Å². The molecule has 6 nitrogen and oxygen atoms in total. The number of carbonyl (C=O) groups excluding carboxylic acids is 1. The molecular formula is C25H27F2N5OS. The van der Waals surface area contributed by atoms with E-state index in [0.717, 1.165) is 42.5 Å². The number of benzene rings is 2. The van der Waals surface area contributed by atoms with Crippen LogP contribution >= 0.6 is 11.5 Å². The molecule has 0 aliphatic carbocycles. The van der Waals surface area contributed by atoms with Crippen LogP contribution in [0.2, 0.25) is 0 Å². The molecule has 2 fully saturated rings. The first kappa shape index (κ1) is 22.7. The Morgan fingerprint density at radius 1 is 0.912 bits per heavy atom. The quantitative estimate of drug-likeness (QED) is 0.550. The molecule has 3 heterocycles. The summed E-state index contributed by atoms with van der Waals surface area (Å²) in [7, 11) is 0. The Bertz CT molecular complexity index is 1120. The molecule has 9 heteroatoms. The fourth-order valence-corrected chi connectivity index (χ4v) is 5.42. The second-order valence-electron chi connectivity index (χ2n) is 8.82. The molecule has 0 saturated carbocycles. The lowest BCUT2D eigenvalue weighted by Crippen LogP contribution is -2.51. The van der Waals surface area contributed by atoms with E-state index < -0.39 is 0 Å². The topological polar surface area (TPSA) is 52.6 Å². The molecule has 0 spiro atoms. The van der Waals surface area contributed by atoms with Gasteiger partial charge >= 0.3 is 0 Å². The lowest BCUT2D eigenvalue weighted by atomic mass is 9.95. The van der Waals surface area contributed by atoms with Crippen LogP contribution in [0.1, 0.15) is 24.2 Å². The largest absolute Gasteiger partial charge is 0.366 e. The lowest BCUT2D eigenvalue weighted by Gasteiger charge is -2.39. The van der Waals surface area contributed by atoms with Gasteiger partial charge in [-0.25, -0.2) is 13.8 Å². The van der Waals surface area contributed by atoms with Gasteiger partial charge in [0.25, 0.3) is 0 Å². The summed E-state index contributed by atoms with van der Waals surface area (Å²) in [5.74, 6) is 0.495. The molecule has 1 aromatic heterocycles. The van der Waals surface area contributed by atoms with Gasteiger partial charge in [-0.1, -0.05) is 24.3 Å².